The quantitative estimate of drug-likeness (QED) is 0.904. The molecule has 2 atom stereocenters. The molecule has 0 spiro atoms. The van der Waals surface area contributed by atoms with Crippen LogP contribution in [0, 0.1) is 17.6 Å². The molecule has 0 aliphatic carbocycles. The highest BCUT2D eigenvalue weighted by atomic mass is 79.9. The lowest BCUT2D eigenvalue weighted by Gasteiger charge is -2.18. The Balaban J connectivity index is 2.22. The van der Waals surface area contributed by atoms with E-state index in [2.05, 4.69) is 15.9 Å². The van der Waals surface area contributed by atoms with Gasteiger partial charge >= 0.3 is 0 Å². The summed E-state index contributed by atoms with van der Waals surface area (Å²) in [6.45, 7) is 2.81. The van der Waals surface area contributed by atoms with Gasteiger partial charge in [0.05, 0.1) is 0 Å². The summed E-state index contributed by atoms with van der Waals surface area (Å²) < 4.78 is 27.7. The predicted octanol–water partition coefficient (Wildman–Crippen LogP) is 2.54. The van der Waals surface area contributed by atoms with E-state index in [1.165, 1.54) is 4.90 Å². The van der Waals surface area contributed by atoms with Gasteiger partial charge in [0.2, 0.25) is 0 Å². The Morgan fingerprint density at radius 2 is 2.05 bits per heavy atom. The van der Waals surface area contributed by atoms with Crippen molar-refractivity contribution in [2.24, 2.45) is 11.7 Å². The van der Waals surface area contributed by atoms with Crippen LogP contribution < -0.4 is 5.73 Å². The number of carbonyl (C=O) groups is 1. The number of hydrogen-bond acceptors (Lipinski definition) is 2. The molecule has 2 rings (SSSR count). The van der Waals surface area contributed by atoms with Crippen LogP contribution in [0.4, 0.5) is 8.78 Å². The van der Waals surface area contributed by atoms with Gasteiger partial charge in [-0.1, -0.05) is 15.9 Å². The second kappa shape index (κ2) is 5.54. The minimum atomic E-state index is -0.846. The molecule has 1 fully saturated rings. The van der Waals surface area contributed by atoms with Crippen LogP contribution >= 0.6 is 15.9 Å². The molecule has 1 saturated heterocycles. The van der Waals surface area contributed by atoms with Crippen molar-refractivity contribution in [3.63, 3.8) is 0 Å². The fourth-order valence-electron chi connectivity index (χ4n) is 2.31. The number of amides is 1. The number of nitrogens with zero attached hydrogens (tertiary/aromatic N) is 1. The molecule has 3 nitrogen and oxygen atoms in total. The Bertz CT molecular complexity index is 484. The molecule has 1 aromatic carbocycles. The van der Waals surface area contributed by atoms with E-state index in [-0.39, 0.29) is 16.4 Å². The molecular formula is C13H15BrF2N2O. The van der Waals surface area contributed by atoms with Gasteiger partial charge in [-0.3, -0.25) is 4.79 Å². The fraction of sp³-hybridized carbons (Fsp3) is 0.462. The van der Waals surface area contributed by atoms with Crippen molar-refractivity contribution in [2.45, 2.75) is 19.4 Å². The van der Waals surface area contributed by atoms with E-state index in [1.54, 1.807) is 0 Å². The first-order chi connectivity index (χ1) is 8.90. The number of nitrogens with two attached hydrogens (primary N) is 1. The molecule has 104 valence electrons. The first-order valence-corrected chi connectivity index (χ1v) is 6.89. The zero-order valence-electron chi connectivity index (χ0n) is 10.5. The van der Waals surface area contributed by atoms with Crippen molar-refractivity contribution in [3.8, 4) is 0 Å². The highest BCUT2D eigenvalue weighted by Gasteiger charge is 2.31. The topological polar surface area (TPSA) is 46.3 Å². The molecule has 0 radical (unpaired) electrons. The molecule has 1 amide bonds. The Morgan fingerprint density at radius 3 is 2.53 bits per heavy atom. The van der Waals surface area contributed by atoms with Crippen LogP contribution in [0.2, 0.25) is 0 Å². The summed E-state index contributed by atoms with van der Waals surface area (Å²) >= 11 is 2.99. The number of benzene rings is 1. The van der Waals surface area contributed by atoms with Crippen molar-refractivity contribution in [2.75, 3.05) is 13.1 Å². The van der Waals surface area contributed by atoms with E-state index < -0.39 is 23.1 Å². The van der Waals surface area contributed by atoms with Crippen LogP contribution in [0.1, 0.15) is 23.7 Å². The third-order valence-electron chi connectivity index (χ3n) is 3.48. The van der Waals surface area contributed by atoms with Gasteiger partial charge in [-0.25, -0.2) is 8.78 Å². The van der Waals surface area contributed by atoms with E-state index in [0.717, 1.165) is 18.6 Å². The van der Waals surface area contributed by atoms with Crippen molar-refractivity contribution in [3.05, 3.63) is 33.8 Å². The minimum Gasteiger partial charge on any atom is -0.338 e. The lowest BCUT2D eigenvalue weighted by molar-refractivity contribution is 0.0776. The van der Waals surface area contributed by atoms with Crippen LogP contribution in [0.5, 0.6) is 0 Å². The summed E-state index contributed by atoms with van der Waals surface area (Å²) in [5.41, 5.74) is 5.29. The Morgan fingerprint density at radius 1 is 1.47 bits per heavy atom. The maximum Gasteiger partial charge on any atom is 0.259 e. The Kier molecular flexibility index (Phi) is 4.20. The summed E-state index contributed by atoms with van der Waals surface area (Å²) in [5.74, 6) is -2.11. The molecule has 1 heterocycles. The van der Waals surface area contributed by atoms with Gasteiger partial charge in [0.15, 0.2) is 0 Å². The zero-order valence-corrected chi connectivity index (χ0v) is 12.1. The predicted molar refractivity (Wildman–Crippen MR) is 71.7 cm³/mol. The number of likely N-dealkylation sites (tertiary alicyclic amines) is 1. The molecule has 0 bridgehead atoms. The van der Waals surface area contributed by atoms with Crippen molar-refractivity contribution in [1.29, 1.82) is 0 Å². The average Bonchev–Trinajstić information content (AvgIpc) is 2.76. The number of halogens is 3. The van der Waals surface area contributed by atoms with Crippen molar-refractivity contribution >= 4 is 21.8 Å². The van der Waals surface area contributed by atoms with Crippen LogP contribution in [0.15, 0.2) is 16.6 Å². The van der Waals surface area contributed by atoms with E-state index in [0.29, 0.717) is 13.1 Å². The second-order valence-corrected chi connectivity index (χ2v) is 5.82. The third-order valence-corrected chi connectivity index (χ3v) is 3.93. The van der Waals surface area contributed by atoms with Gasteiger partial charge in [0, 0.05) is 23.6 Å². The standard InChI is InChI=1S/C13H15BrF2N2O/c1-7(17)8-2-3-18(6-8)13(19)12-10(15)4-9(14)5-11(12)16/h4-5,7-8H,2-3,6,17H2,1H3. The molecule has 2 N–H and O–H groups in total. The maximum atomic E-state index is 13.7. The number of hydrogen-bond donors (Lipinski definition) is 1. The van der Waals surface area contributed by atoms with Crippen molar-refractivity contribution in [1.82, 2.24) is 4.90 Å². The average molecular weight is 333 g/mol. The number of carbonyl (C=O) groups excluding carboxylic acids is 1. The first-order valence-electron chi connectivity index (χ1n) is 6.09. The fourth-order valence-corrected chi connectivity index (χ4v) is 2.71. The number of rotatable bonds is 2. The third kappa shape index (κ3) is 2.95. The van der Waals surface area contributed by atoms with E-state index >= 15 is 0 Å². The maximum absolute atomic E-state index is 13.7. The van der Waals surface area contributed by atoms with Gasteiger partial charge in [0.1, 0.15) is 17.2 Å². The molecule has 0 saturated carbocycles. The van der Waals surface area contributed by atoms with Gasteiger partial charge in [-0.05, 0) is 31.4 Å². The minimum absolute atomic E-state index is 0.0302. The molecule has 19 heavy (non-hydrogen) atoms. The first kappa shape index (κ1) is 14.4. The molecule has 1 aromatic rings. The van der Waals surface area contributed by atoms with Crippen LogP contribution in [-0.4, -0.2) is 29.9 Å². The summed E-state index contributed by atoms with van der Waals surface area (Å²) in [7, 11) is 0. The van der Waals surface area contributed by atoms with Gasteiger partial charge in [-0.15, -0.1) is 0 Å². The summed E-state index contributed by atoms with van der Waals surface area (Å²) in [6, 6.07) is 2.16. The molecule has 1 aliphatic heterocycles. The molecule has 1 aliphatic rings. The Hall–Kier alpha value is -1.01. The highest BCUT2D eigenvalue weighted by Crippen LogP contribution is 2.25. The van der Waals surface area contributed by atoms with Crippen LogP contribution in [-0.2, 0) is 0 Å². The van der Waals surface area contributed by atoms with Gasteiger partial charge in [-0.2, -0.15) is 0 Å². The lowest BCUT2D eigenvalue weighted by Crippen LogP contribution is -2.33. The second-order valence-electron chi connectivity index (χ2n) is 4.90. The monoisotopic (exact) mass is 332 g/mol. The zero-order chi connectivity index (χ0) is 14.2. The van der Waals surface area contributed by atoms with Crippen LogP contribution in [0.3, 0.4) is 0 Å². The molecule has 2 unspecified atom stereocenters. The lowest BCUT2D eigenvalue weighted by atomic mass is 10.0. The van der Waals surface area contributed by atoms with Crippen molar-refractivity contribution < 1.29 is 13.6 Å². The van der Waals surface area contributed by atoms with E-state index in [1.807, 2.05) is 6.92 Å². The molecular weight excluding hydrogens is 318 g/mol. The molecule has 6 heteroatoms. The summed E-state index contributed by atoms with van der Waals surface area (Å²) in [4.78, 5) is 13.6. The van der Waals surface area contributed by atoms with Gasteiger partial charge < -0.3 is 10.6 Å². The van der Waals surface area contributed by atoms with Gasteiger partial charge in [0.25, 0.3) is 5.91 Å². The summed E-state index contributed by atoms with van der Waals surface area (Å²) in [6.07, 6.45) is 0.767. The highest BCUT2D eigenvalue weighted by molar-refractivity contribution is 9.10. The smallest absolute Gasteiger partial charge is 0.259 e. The normalized spacial score (nSPS) is 20.7. The molecule has 0 aromatic heterocycles. The largest absolute Gasteiger partial charge is 0.338 e. The van der Waals surface area contributed by atoms with Crippen LogP contribution in [0.25, 0.3) is 0 Å². The Labute approximate surface area is 118 Å². The summed E-state index contributed by atoms with van der Waals surface area (Å²) in [5, 5.41) is 0. The SMILES string of the molecule is CC(N)C1CCN(C(=O)c2c(F)cc(Br)cc2F)C1. The van der Waals surface area contributed by atoms with E-state index in [9.17, 15) is 13.6 Å². The van der Waals surface area contributed by atoms with E-state index in [4.69, 9.17) is 5.73 Å².